The second-order valence-corrected chi connectivity index (χ2v) is 10.2. The Hall–Kier alpha value is -4.16. The van der Waals surface area contributed by atoms with E-state index in [1.54, 1.807) is 36.4 Å². The summed E-state index contributed by atoms with van der Waals surface area (Å²) < 4.78 is 17.2. The number of pyridine rings is 1. The number of carbonyl (C=O) groups is 1. The van der Waals surface area contributed by atoms with E-state index in [-0.39, 0.29) is 10.6 Å². The van der Waals surface area contributed by atoms with Gasteiger partial charge in [-0.25, -0.2) is 9.97 Å². The topological polar surface area (TPSA) is 131 Å². The average molecular weight is 611 g/mol. The Labute approximate surface area is 251 Å². The maximum Gasteiger partial charge on any atom is 0.266 e. The summed E-state index contributed by atoms with van der Waals surface area (Å²) in [5.41, 5.74) is 1.41. The molecule has 3 N–H and O–H groups in total. The number of hydrogen-bond donors (Lipinski definition) is 3. The molecule has 11 nitrogen and oxygen atoms in total. The first-order chi connectivity index (χ1) is 20.4. The molecule has 3 heterocycles. The molecule has 2 aromatic carbocycles. The summed E-state index contributed by atoms with van der Waals surface area (Å²) in [5, 5.41) is 6.81. The molecule has 0 bridgehead atoms. The zero-order chi connectivity index (χ0) is 29.5. The maximum absolute atomic E-state index is 12.4. The fourth-order valence-electron chi connectivity index (χ4n) is 4.27. The number of amides is 1. The van der Waals surface area contributed by atoms with Gasteiger partial charge in [0.15, 0.2) is 0 Å². The van der Waals surface area contributed by atoms with E-state index in [1.165, 1.54) is 18.6 Å². The van der Waals surface area contributed by atoms with Crippen molar-refractivity contribution in [2.75, 3.05) is 50.1 Å². The summed E-state index contributed by atoms with van der Waals surface area (Å²) in [6.45, 7) is 8.11. The van der Waals surface area contributed by atoms with Crippen LogP contribution in [-0.4, -0.2) is 65.2 Å². The molecule has 42 heavy (non-hydrogen) atoms. The van der Waals surface area contributed by atoms with E-state index in [4.69, 9.17) is 37.4 Å². The molecule has 218 valence electrons. The molecular weight excluding hydrogens is 583 g/mol. The van der Waals surface area contributed by atoms with Gasteiger partial charge in [0.25, 0.3) is 5.91 Å². The number of nitrogens with zero attached hydrogens (tertiary/aromatic N) is 3. The van der Waals surface area contributed by atoms with E-state index < -0.39 is 5.91 Å². The van der Waals surface area contributed by atoms with Crippen molar-refractivity contribution < 1.29 is 19.0 Å². The molecule has 0 unspecified atom stereocenters. The van der Waals surface area contributed by atoms with Gasteiger partial charge in [-0.1, -0.05) is 29.8 Å². The molecule has 1 saturated heterocycles. The zero-order valence-corrected chi connectivity index (χ0v) is 24.0. The smallest absolute Gasteiger partial charge is 0.266 e. The van der Waals surface area contributed by atoms with Gasteiger partial charge in [-0.3, -0.25) is 14.5 Å². The summed E-state index contributed by atoms with van der Waals surface area (Å²) in [5.74, 6) is 1.22. The Morgan fingerprint density at radius 3 is 2.69 bits per heavy atom. The van der Waals surface area contributed by atoms with Crippen molar-refractivity contribution >= 4 is 57.2 Å². The lowest BCUT2D eigenvalue weighted by molar-refractivity contribution is -0.112. The van der Waals surface area contributed by atoms with Gasteiger partial charge in [0, 0.05) is 49.0 Å². The maximum atomic E-state index is 12.4. The van der Waals surface area contributed by atoms with Crippen LogP contribution in [0.1, 0.15) is 6.42 Å². The van der Waals surface area contributed by atoms with Gasteiger partial charge >= 0.3 is 0 Å². The molecule has 4 aromatic rings. The number of H-pyrrole nitrogens is 1. The molecule has 2 aromatic heterocycles. The van der Waals surface area contributed by atoms with Gasteiger partial charge in [-0.05, 0) is 36.8 Å². The molecule has 0 atom stereocenters. The molecule has 0 radical (unpaired) electrons. The van der Waals surface area contributed by atoms with Gasteiger partial charge in [0.2, 0.25) is 5.56 Å². The van der Waals surface area contributed by atoms with E-state index in [0.717, 1.165) is 39.3 Å². The molecule has 13 heteroatoms. The largest absolute Gasteiger partial charge is 0.491 e. The molecule has 1 aliphatic rings. The standard InChI is InChI=1S/C29H28Cl2N6O5/c1-18(30)29(39)36-24-14-21-23(15-26(24)41-10-2-7-37-8-11-40-12-9-37)33-17-34-28(21)35-19-3-5-25(22(31)13-19)42-20-4-6-27(38)32-16-20/h3-6,13-17H,1-2,7-12H2,(H,32,38)(H,36,39)(H,33,34,35). The normalized spacial score (nSPS) is 13.5. The average Bonchev–Trinajstić information content (AvgIpc) is 2.98. The molecule has 1 aliphatic heterocycles. The van der Waals surface area contributed by atoms with Crippen LogP contribution in [-0.2, 0) is 9.53 Å². The number of carbonyl (C=O) groups excluding carboxylic acids is 1. The number of aromatic amines is 1. The molecule has 0 saturated carbocycles. The minimum Gasteiger partial charge on any atom is -0.491 e. The summed E-state index contributed by atoms with van der Waals surface area (Å²) in [6, 6.07) is 11.5. The monoisotopic (exact) mass is 610 g/mol. The minimum atomic E-state index is -0.551. The summed E-state index contributed by atoms with van der Waals surface area (Å²) in [7, 11) is 0. The number of fused-ring (bicyclic) bond motifs is 1. The Kier molecular flexibility index (Phi) is 9.55. The van der Waals surface area contributed by atoms with Crippen LogP contribution in [0.2, 0.25) is 5.02 Å². The highest BCUT2D eigenvalue weighted by atomic mass is 35.5. The van der Waals surface area contributed by atoms with E-state index in [9.17, 15) is 9.59 Å². The number of nitrogens with one attached hydrogen (secondary N) is 3. The number of benzene rings is 2. The van der Waals surface area contributed by atoms with Crippen LogP contribution in [0.25, 0.3) is 10.9 Å². The quantitative estimate of drug-likeness (QED) is 0.153. The lowest BCUT2D eigenvalue weighted by atomic mass is 10.1. The molecule has 0 spiro atoms. The highest BCUT2D eigenvalue weighted by Crippen LogP contribution is 2.36. The van der Waals surface area contributed by atoms with Gasteiger partial charge in [-0.15, -0.1) is 0 Å². The van der Waals surface area contributed by atoms with Crippen LogP contribution in [0.3, 0.4) is 0 Å². The van der Waals surface area contributed by atoms with Crippen LogP contribution in [0, 0.1) is 0 Å². The van der Waals surface area contributed by atoms with Gasteiger partial charge < -0.3 is 29.8 Å². The third kappa shape index (κ3) is 7.56. The lowest BCUT2D eigenvalue weighted by Crippen LogP contribution is -2.37. The van der Waals surface area contributed by atoms with Crippen molar-refractivity contribution in [3.8, 4) is 17.2 Å². The van der Waals surface area contributed by atoms with Crippen LogP contribution >= 0.6 is 23.2 Å². The van der Waals surface area contributed by atoms with Gasteiger partial charge in [0.1, 0.15) is 29.4 Å². The first kappa shape index (κ1) is 29.3. The van der Waals surface area contributed by atoms with Crippen molar-refractivity contribution in [2.24, 2.45) is 0 Å². The number of rotatable bonds is 11. The van der Waals surface area contributed by atoms with Gasteiger partial charge in [0.05, 0.1) is 41.1 Å². The highest BCUT2D eigenvalue weighted by Gasteiger charge is 2.16. The zero-order valence-electron chi connectivity index (χ0n) is 22.5. The molecule has 1 amide bonds. The van der Waals surface area contributed by atoms with Crippen LogP contribution in [0.15, 0.2) is 71.4 Å². The SMILES string of the molecule is C=C(Cl)C(=O)Nc1cc2c(Nc3ccc(Oc4ccc(=O)[nH]c4)c(Cl)c3)ncnc2cc1OCCCN1CCOCC1. The highest BCUT2D eigenvalue weighted by molar-refractivity contribution is 6.43. The minimum absolute atomic E-state index is 0.158. The fraction of sp³-hybridized carbons (Fsp3) is 0.241. The van der Waals surface area contributed by atoms with Crippen LogP contribution in [0.5, 0.6) is 17.2 Å². The van der Waals surface area contributed by atoms with Crippen molar-refractivity contribution in [3.63, 3.8) is 0 Å². The second-order valence-electron chi connectivity index (χ2n) is 9.36. The van der Waals surface area contributed by atoms with E-state index in [1.807, 2.05) is 0 Å². The van der Waals surface area contributed by atoms with E-state index in [0.29, 0.717) is 57.0 Å². The Morgan fingerprint density at radius 1 is 1.12 bits per heavy atom. The predicted octanol–water partition coefficient (Wildman–Crippen LogP) is 5.30. The summed E-state index contributed by atoms with van der Waals surface area (Å²) in [4.78, 5) is 37.4. The molecule has 1 fully saturated rings. The van der Waals surface area contributed by atoms with E-state index in [2.05, 4.69) is 37.1 Å². The predicted molar refractivity (Wildman–Crippen MR) is 162 cm³/mol. The van der Waals surface area contributed by atoms with Crippen molar-refractivity contribution in [1.82, 2.24) is 19.9 Å². The number of aromatic nitrogens is 3. The Balaban J connectivity index is 1.35. The lowest BCUT2D eigenvalue weighted by Gasteiger charge is -2.26. The van der Waals surface area contributed by atoms with Crippen molar-refractivity contribution in [2.45, 2.75) is 6.42 Å². The summed E-state index contributed by atoms with van der Waals surface area (Å²) in [6.07, 6.45) is 3.68. The number of ether oxygens (including phenoxy) is 3. The van der Waals surface area contributed by atoms with Crippen LogP contribution in [0.4, 0.5) is 17.2 Å². The number of hydrogen-bond acceptors (Lipinski definition) is 9. The number of morpholine rings is 1. The van der Waals surface area contributed by atoms with Crippen LogP contribution < -0.4 is 25.7 Å². The first-order valence-corrected chi connectivity index (χ1v) is 13.9. The third-order valence-corrected chi connectivity index (χ3v) is 6.86. The molecular formula is C29H28Cl2N6O5. The Morgan fingerprint density at radius 2 is 1.95 bits per heavy atom. The first-order valence-electron chi connectivity index (χ1n) is 13.2. The fourth-order valence-corrected chi connectivity index (χ4v) is 4.54. The number of anilines is 3. The van der Waals surface area contributed by atoms with Crippen molar-refractivity contribution in [1.29, 1.82) is 0 Å². The summed E-state index contributed by atoms with van der Waals surface area (Å²) >= 11 is 12.3. The Bertz CT molecular complexity index is 1640. The van der Waals surface area contributed by atoms with Crippen molar-refractivity contribution in [3.05, 3.63) is 82.0 Å². The third-order valence-electron chi connectivity index (χ3n) is 6.39. The second kappa shape index (κ2) is 13.7. The van der Waals surface area contributed by atoms with E-state index >= 15 is 0 Å². The van der Waals surface area contributed by atoms with Gasteiger partial charge in [-0.2, -0.15) is 0 Å². The number of halogens is 2. The molecule has 5 rings (SSSR count). The molecule has 0 aliphatic carbocycles.